The largest absolute Gasteiger partial charge is 0.462 e. The fourth-order valence-electron chi connectivity index (χ4n) is 3.26. The van der Waals surface area contributed by atoms with Crippen LogP contribution in [-0.2, 0) is 32.7 Å². The van der Waals surface area contributed by atoms with Crippen LogP contribution < -0.4 is 10.4 Å². The first-order valence-corrected chi connectivity index (χ1v) is 11.1. The zero-order valence-corrected chi connectivity index (χ0v) is 18.2. The highest BCUT2D eigenvalue weighted by Gasteiger charge is 2.60. The number of ether oxygens (including phenoxy) is 2. The maximum Gasteiger partial charge on any atom is 0.406 e. The molecule has 0 aromatic carbocycles. The van der Waals surface area contributed by atoms with Crippen molar-refractivity contribution in [2.45, 2.75) is 63.2 Å². The van der Waals surface area contributed by atoms with E-state index < -0.39 is 43.1 Å². The van der Waals surface area contributed by atoms with Crippen molar-refractivity contribution in [3.8, 4) is 0 Å². The molecule has 29 heavy (non-hydrogen) atoms. The van der Waals surface area contributed by atoms with Crippen LogP contribution in [0.4, 0.5) is 0 Å². The first-order valence-electron chi connectivity index (χ1n) is 9.15. The van der Waals surface area contributed by atoms with Gasteiger partial charge in [0, 0.05) is 12.3 Å². The Bertz CT molecular complexity index is 787. The van der Waals surface area contributed by atoms with Crippen molar-refractivity contribution < 1.29 is 32.7 Å². The molecule has 2 saturated heterocycles. The van der Waals surface area contributed by atoms with Gasteiger partial charge in [-0.3, -0.25) is 18.6 Å². The van der Waals surface area contributed by atoms with Crippen LogP contribution in [0.2, 0.25) is 0 Å². The third-order valence-electron chi connectivity index (χ3n) is 4.62. The number of carbonyl (C=O) groups is 2. The summed E-state index contributed by atoms with van der Waals surface area (Å²) in [6.07, 6.45) is 0.329. The van der Waals surface area contributed by atoms with Gasteiger partial charge in [-0.25, -0.2) is 9.65 Å². The minimum atomic E-state index is -3.85. The Hall–Kier alpha value is -1.42. The molecule has 0 radical (unpaired) electrons. The average molecular weight is 450 g/mol. The molecule has 2 N–H and O–H groups in total. The molecule has 3 rings (SSSR count). The van der Waals surface area contributed by atoms with Crippen molar-refractivity contribution in [1.82, 2.24) is 15.3 Å². The highest BCUT2D eigenvalue weighted by atomic mass is 35.5. The van der Waals surface area contributed by atoms with Crippen molar-refractivity contribution in [2.24, 2.45) is 0 Å². The Kier molecular flexibility index (Phi) is 6.16. The lowest BCUT2D eigenvalue weighted by Crippen LogP contribution is -2.52. The summed E-state index contributed by atoms with van der Waals surface area (Å²) in [5.74, 6) is -0.599. The zero-order valence-electron chi connectivity index (χ0n) is 16.6. The van der Waals surface area contributed by atoms with Gasteiger partial charge in [-0.05, 0) is 27.7 Å². The molecule has 0 bridgehead atoms. The van der Waals surface area contributed by atoms with Gasteiger partial charge in [0.15, 0.2) is 6.23 Å². The lowest BCUT2D eigenvalue weighted by molar-refractivity contribution is -0.149. The van der Waals surface area contributed by atoms with Gasteiger partial charge in [0.1, 0.15) is 28.9 Å². The smallest absolute Gasteiger partial charge is 0.406 e. The van der Waals surface area contributed by atoms with Gasteiger partial charge in [0.25, 0.3) is 5.91 Å². The van der Waals surface area contributed by atoms with Gasteiger partial charge in [0.2, 0.25) is 0 Å². The molecular weight excluding hydrogens is 425 g/mol. The second-order valence-corrected chi connectivity index (χ2v) is 10.0. The Morgan fingerprint density at radius 1 is 1.52 bits per heavy atom. The standard InChI is InChI=1S/C17H25ClN3O7P/c1-9(2)26-15(23)10(3)20-29(24)25-8-12-14(28-29)17(5,18)16(27-12)21-7-6-13(22)19-11(21)4/h6-7,9-10,12,14,16H,4,8H2,1-3,5H3,(H,19,22)(H,20,24)/t10-,12-,14-,16-,17-,29-/m1/s1. The van der Waals surface area contributed by atoms with Crippen LogP contribution in [0.1, 0.15) is 27.7 Å². The van der Waals surface area contributed by atoms with E-state index in [9.17, 15) is 14.2 Å². The number of hydrogen-bond donors (Lipinski definition) is 2. The molecule has 3 heterocycles. The number of hydrogen-bond acceptors (Lipinski definition) is 8. The number of esters is 1. The zero-order chi connectivity index (χ0) is 21.6. The number of amides is 1. The lowest BCUT2D eigenvalue weighted by Gasteiger charge is -2.38. The topological polar surface area (TPSA) is 115 Å². The van der Waals surface area contributed by atoms with Crippen LogP contribution in [0.25, 0.3) is 0 Å². The van der Waals surface area contributed by atoms with E-state index in [-0.39, 0.29) is 18.6 Å². The van der Waals surface area contributed by atoms with Crippen LogP contribution in [0.5, 0.6) is 0 Å². The number of fused-ring (bicyclic) bond motifs is 1. The third kappa shape index (κ3) is 4.52. The highest BCUT2D eigenvalue weighted by molar-refractivity contribution is 7.51. The summed E-state index contributed by atoms with van der Waals surface area (Å²) in [6, 6.07) is -0.917. The first-order chi connectivity index (χ1) is 13.4. The van der Waals surface area contributed by atoms with E-state index in [1.54, 1.807) is 25.7 Å². The van der Waals surface area contributed by atoms with Crippen molar-refractivity contribution in [1.29, 1.82) is 0 Å². The molecule has 10 nitrogen and oxygen atoms in total. The molecule has 0 unspecified atom stereocenters. The maximum absolute atomic E-state index is 13.1. The second kappa shape index (κ2) is 8.02. The Morgan fingerprint density at radius 2 is 2.21 bits per heavy atom. The van der Waals surface area contributed by atoms with E-state index in [2.05, 4.69) is 17.0 Å². The molecule has 162 valence electrons. The van der Waals surface area contributed by atoms with Crippen molar-refractivity contribution in [3.05, 3.63) is 24.7 Å². The van der Waals surface area contributed by atoms with E-state index in [4.69, 9.17) is 30.1 Å². The first kappa shape index (κ1) is 22.3. The normalized spacial score (nSPS) is 38.0. The summed E-state index contributed by atoms with van der Waals surface area (Å²) in [6.45, 7) is 10.3. The number of nitrogens with one attached hydrogen (secondary N) is 2. The summed E-state index contributed by atoms with van der Waals surface area (Å²) in [7, 11) is -3.85. The van der Waals surface area contributed by atoms with Crippen LogP contribution in [0.15, 0.2) is 24.7 Å². The van der Waals surface area contributed by atoms with E-state index >= 15 is 0 Å². The highest BCUT2D eigenvalue weighted by Crippen LogP contribution is 2.56. The Balaban J connectivity index is 1.73. The molecule has 0 aliphatic carbocycles. The SMILES string of the molecule is C=C1NC(=O)C=CN1[C@@H]1O[C@@H]2CO[P@](=O)(N[C@H](C)C(=O)OC(C)C)O[C@H]2[C@@]1(C)Cl. The summed E-state index contributed by atoms with van der Waals surface area (Å²) >= 11 is 6.76. The van der Waals surface area contributed by atoms with E-state index in [0.29, 0.717) is 5.82 Å². The molecule has 2 fully saturated rings. The van der Waals surface area contributed by atoms with Gasteiger partial charge in [0.05, 0.1) is 12.7 Å². The summed E-state index contributed by atoms with van der Waals surface area (Å²) < 4.78 is 35.2. The number of alkyl halides is 1. The molecule has 6 atom stereocenters. The van der Waals surface area contributed by atoms with Crippen LogP contribution >= 0.6 is 19.3 Å². The summed E-state index contributed by atoms with van der Waals surface area (Å²) in [4.78, 5) is 23.9. The molecule has 1 amide bonds. The molecule has 3 aliphatic rings. The monoisotopic (exact) mass is 449 g/mol. The minimum absolute atomic E-state index is 0.0594. The quantitative estimate of drug-likeness (QED) is 0.366. The van der Waals surface area contributed by atoms with Crippen LogP contribution in [-0.4, -0.2) is 58.8 Å². The van der Waals surface area contributed by atoms with Gasteiger partial charge < -0.3 is 19.7 Å². The van der Waals surface area contributed by atoms with Gasteiger partial charge in [-0.2, -0.15) is 0 Å². The molecule has 3 aliphatic heterocycles. The van der Waals surface area contributed by atoms with Gasteiger partial charge in [-0.15, -0.1) is 11.6 Å². The number of carbonyl (C=O) groups excluding carboxylic acids is 2. The van der Waals surface area contributed by atoms with Crippen LogP contribution in [0.3, 0.4) is 0 Å². The third-order valence-corrected chi connectivity index (χ3v) is 6.72. The van der Waals surface area contributed by atoms with Gasteiger partial charge >= 0.3 is 13.7 Å². The average Bonchev–Trinajstić information content (AvgIpc) is 2.85. The Labute approximate surface area is 174 Å². The van der Waals surface area contributed by atoms with Crippen molar-refractivity contribution in [3.63, 3.8) is 0 Å². The summed E-state index contributed by atoms with van der Waals surface area (Å²) in [5.41, 5.74) is 0. The minimum Gasteiger partial charge on any atom is -0.462 e. The molecule has 0 aromatic rings. The van der Waals surface area contributed by atoms with Crippen LogP contribution in [0, 0.1) is 0 Å². The summed E-state index contributed by atoms with van der Waals surface area (Å²) in [5, 5.41) is 5.15. The number of rotatable bonds is 5. The molecule has 0 aromatic heterocycles. The molecule has 12 heteroatoms. The lowest BCUT2D eigenvalue weighted by atomic mass is 10.0. The fourth-order valence-corrected chi connectivity index (χ4v) is 5.44. The predicted molar refractivity (Wildman–Crippen MR) is 103 cm³/mol. The van der Waals surface area contributed by atoms with E-state index in [0.717, 1.165) is 0 Å². The van der Waals surface area contributed by atoms with Crippen molar-refractivity contribution >= 4 is 31.2 Å². The molecule has 0 saturated carbocycles. The molecule has 0 spiro atoms. The maximum atomic E-state index is 13.1. The van der Waals surface area contributed by atoms with E-state index in [1.807, 2.05) is 0 Å². The predicted octanol–water partition coefficient (Wildman–Crippen LogP) is 1.58. The van der Waals surface area contributed by atoms with E-state index in [1.165, 1.54) is 19.2 Å². The fraction of sp³-hybridized carbons (Fsp3) is 0.647. The Morgan fingerprint density at radius 3 is 2.83 bits per heavy atom. The molecular formula is C17H25ClN3O7P. The second-order valence-electron chi connectivity index (χ2n) is 7.49. The van der Waals surface area contributed by atoms with Gasteiger partial charge in [-0.1, -0.05) is 6.58 Å². The number of nitrogens with zero attached hydrogens (tertiary/aromatic N) is 1. The number of halogens is 1. The van der Waals surface area contributed by atoms with Crippen molar-refractivity contribution in [2.75, 3.05) is 6.61 Å².